The number of amides is 3. The fraction of sp³-hybridized carbons (Fsp3) is 0.579. The molecule has 0 aromatic heterocycles. The van der Waals surface area contributed by atoms with Crippen LogP contribution in [0, 0.1) is 6.92 Å². The molecule has 0 spiro atoms. The number of piperidine rings is 1. The van der Waals surface area contributed by atoms with Crippen molar-refractivity contribution in [2.24, 2.45) is 0 Å². The second kappa shape index (κ2) is 8.23. The number of nitrogens with zero attached hydrogens (tertiary/aromatic N) is 1. The molecule has 0 unspecified atom stereocenters. The Labute approximate surface area is 149 Å². The van der Waals surface area contributed by atoms with Crippen LogP contribution in [0.2, 0.25) is 0 Å². The predicted octanol–water partition coefficient (Wildman–Crippen LogP) is 2.46. The van der Waals surface area contributed by atoms with Crippen LogP contribution in [0.1, 0.15) is 39.2 Å². The fourth-order valence-electron chi connectivity index (χ4n) is 2.71. The molecule has 1 aromatic rings. The van der Waals surface area contributed by atoms with Crippen LogP contribution in [0.15, 0.2) is 24.3 Å². The van der Waals surface area contributed by atoms with E-state index in [1.165, 1.54) is 0 Å². The van der Waals surface area contributed by atoms with Crippen molar-refractivity contribution >= 4 is 11.9 Å². The van der Waals surface area contributed by atoms with Gasteiger partial charge in [-0.25, -0.2) is 4.79 Å². The van der Waals surface area contributed by atoms with Crippen LogP contribution in [0.5, 0.6) is 5.75 Å². The monoisotopic (exact) mass is 347 g/mol. The molecule has 0 aliphatic carbocycles. The van der Waals surface area contributed by atoms with Crippen LogP contribution in [-0.4, -0.2) is 48.1 Å². The first-order valence-corrected chi connectivity index (χ1v) is 8.79. The number of nitrogens with one attached hydrogen (secondary N) is 2. The summed E-state index contributed by atoms with van der Waals surface area (Å²) in [7, 11) is 0. The normalized spacial score (nSPS) is 15.6. The van der Waals surface area contributed by atoms with Gasteiger partial charge in [-0.1, -0.05) is 17.7 Å². The highest BCUT2D eigenvalue weighted by molar-refractivity contribution is 5.78. The highest BCUT2D eigenvalue weighted by atomic mass is 16.5. The summed E-state index contributed by atoms with van der Waals surface area (Å²) in [5.74, 6) is 0.688. The van der Waals surface area contributed by atoms with Gasteiger partial charge in [0, 0.05) is 24.7 Å². The Morgan fingerprint density at radius 2 is 1.76 bits per heavy atom. The van der Waals surface area contributed by atoms with E-state index in [1.807, 2.05) is 52.0 Å². The van der Waals surface area contributed by atoms with Gasteiger partial charge in [0.25, 0.3) is 5.91 Å². The Kier molecular flexibility index (Phi) is 6.28. The molecule has 0 bridgehead atoms. The molecule has 1 aliphatic heterocycles. The molecule has 138 valence electrons. The van der Waals surface area contributed by atoms with Crippen LogP contribution in [-0.2, 0) is 4.79 Å². The second-order valence-electron chi connectivity index (χ2n) is 7.61. The number of hydrogen-bond acceptors (Lipinski definition) is 3. The number of ether oxygens (including phenoxy) is 1. The zero-order chi connectivity index (χ0) is 18.4. The van der Waals surface area contributed by atoms with Crippen molar-refractivity contribution in [3.05, 3.63) is 29.8 Å². The SMILES string of the molecule is Cc1ccc(OCC(=O)N2CCC(NC(=O)NC(C)(C)C)CC2)cc1. The Hall–Kier alpha value is -2.24. The minimum absolute atomic E-state index is 0.0156. The van der Waals surface area contributed by atoms with Crippen LogP contribution in [0.3, 0.4) is 0 Å². The van der Waals surface area contributed by atoms with Crippen molar-refractivity contribution in [3.63, 3.8) is 0 Å². The summed E-state index contributed by atoms with van der Waals surface area (Å²) < 4.78 is 5.55. The van der Waals surface area contributed by atoms with Crippen molar-refractivity contribution in [3.8, 4) is 5.75 Å². The molecule has 0 radical (unpaired) electrons. The van der Waals surface area contributed by atoms with Crippen LogP contribution < -0.4 is 15.4 Å². The van der Waals surface area contributed by atoms with Gasteiger partial charge < -0.3 is 20.3 Å². The maximum Gasteiger partial charge on any atom is 0.315 e. The third-order valence-electron chi connectivity index (χ3n) is 4.05. The molecule has 1 heterocycles. The highest BCUT2D eigenvalue weighted by Crippen LogP contribution is 2.14. The first-order valence-electron chi connectivity index (χ1n) is 8.79. The molecule has 2 N–H and O–H groups in total. The summed E-state index contributed by atoms with van der Waals surface area (Å²) in [6, 6.07) is 7.60. The van der Waals surface area contributed by atoms with Crippen molar-refractivity contribution in [1.29, 1.82) is 0 Å². The topological polar surface area (TPSA) is 70.7 Å². The van der Waals surface area contributed by atoms with E-state index in [2.05, 4.69) is 10.6 Å². The maximum atomic E-state index is 12.3. The summed E-state index contributed by atoms with van der Waals surface area (Å²) in [5, 5.41) is 5.87. The van der Waals surface area contributed by atoms with Crippen molar-refractivity contribution < 1.29 is 14.3 Å². The van der Waals surface area contributed by atoms with E-state index < -0.39 is 0 Å². The first-order chi connectivity index (χ1) is 11.7. The van der Waals surface area contributed by atoms with Gasteiger partial charge in [0.2, 0.25) is 0 Å². The average molecular weight is 347 g/mol. The number of benzene rings is 1. The average Bonchev–Trinajstić information content (AvgIpc) is 2.53. The number of hydrogen-bond donors (Lipinski definition) is 2. The summed E-state index contributed by atoms with van der Waals surface area (Å²) in [6.07, 6.45) is 1.52. The van der Waals surface area contributed by atoms with Crippen molar-refractivity contribution in [1.82, 2.24) is 15.5 Å². The molecule has 1 aliphatic rings. The van der Waals surface area contributed by atoms with Gasteiger partial charge >= 0.3 is 6.03 Å². The minimum Gasteiger partial charge on any atom is -0.484 e. The van der Waals surface area contributed by atoms with E-state index in [4.69, 9.17) is 4.74 Å². The van der Waals surface area contributed by atoms with E-state index in [-0.39, 0.29) is 30.1 Å². The zero-order valence-corrected chi connectivity index (χ0v) is 15.6. The number of likely N-dealkylation sites (tertiary alicyclic amines) is 1. The van der Waals surface area contributed by atoms with Crippen LogP contribution in [0.25, 0.3) is 0 Å². The van der Waals surface area contributed by atoms with Crippen LogP contribution >= 0.6 is 0 Å². The van der Waals surface area contributed by atoms with Gasteiger partial charge in [-0.05, 0) is 52.7 Å². The quantitative estimate of drug-likeness (QED) is 0.879. The van der Waals surface area contributed by atoms with Gasteiger partial charge in [-0.3, -0.25) is 4.79 Å². The molecule has 2 rings (SSSR count). The predicted molar refractivity (Wildman–Crippen MR) is 97.7 cm³/mol. The Morgan fingerprint density at radius 3 is 2.32 bits per heavy atom. The largest absolute Gasteiger partial charge is 0.484 e. The van der Waals surface area contributed by atoms with Gasteiger partial charge in [0.15, 0.2) is 6.61 Å². The van der Waals surface area contributed by atoms with E-state index in [1.54, 1.807) is 4.90 Å². The number of carbonyl (C=O) groups is 2. The Balaban J connectivity index is 1.71. The van der Waals surface area contributed by atoms with E-state index in [9.17, 15) is 9.59 Å². The Bertz CT molecular complexity index is 585. The molecular formula is C19H29N3O3. The first kappa shape index (κ1) is 19.1. The fourth-order valence-corrected chi connectivity index (χ4v) is 2.71. The van der Waals surface area contributed by atoms with Crippen LogP contribution in [0.4, 0.5) is 4.79 Å². The lowest BCUT2D eigenvalue weighted by atomic mass is 10.0. The molecule has 1 aromatic carbocycles. The van der Waals surface area contributed by atoms with Gasteiger partial charge in [0.1, 0.15) is 5.75 Å². The molecule has 1 fully saturated rings. The maximum absolute atomic E-state index is 12.3. The van der Waals surface area contributed by atoms with E-state index in [0.29, 0.717) is 18.8 Å². The minimum atomic E-state index is -0.256. The zero-order valence-electron chi connectivity index (χ0n) is 15.6. The standard InChI is InChI=1S/C19H29N3O3/c1-14-5-7-16(8-6-14)25-13-17(23)22-11-9-15(10-12-22)20-18(24)21-19(2,3)4/h5-8,15H,9-13H2,1-4H3,(H2,20,21,24). The molecule has 6 nitrogen and oxygen atoms in total. The second-order valence-corrected chi connectivity index (χ2v) is 7.61. The lowest BCUT2D eigenvalue weighted by Gasteiger charge is -2.33. The summed E-state index contributed by atoms with van der Waals surface area (Å²) >= 11 is 0. The Morgan fingerprint density at radius 1 is 1.16 bits per heavy atom. The summed E-state index contributed by atoms with van der Waals surface area (Å²) in [5.41, 5.74) is 0.900. The van der Waals surface area contributed by atoms with Gasteiger partial charge in [-0.15, -0.1) is 0 Å². The molecular weight excluding hydrogens is 318 g/mol. The summed E-state index contributed by atoms with van der Waals surface area (Å²) in [6.45, 7) is 9.17. The smallest absolute Gasteiger partial charge is 0.315 e. The molecule has 1 saturated heterocycles. The molecule has 0 saturated carbocycles. The summed E-state index contributed by atoms with van der Waals surface area (Å²) in [4.78, 5) is 26.0. The van der Waals surface area contributed by atoms with Crippen molar-refractivity contribution in [2.45, 2.75) is 52.1 Å². The lowest BCUT2D eigenvalue weighted by Crippen LogP contribution is -2.53. The van der Waals surface area contributed by atoms with E-state index >= 15 is 0 Å². The number of aryl methyl sites for hydroxylation is 1. The third kappa shape index (κ3) is 6.64. The molecule has 6 heteroatoms. The molecule has 0 atom stereocenters. The number of carbonyl (C=O) groups excluding carboxylic acids is 2. The lowest BCUT2D eigenvalue weighted by molar-refractivity contribution is -0.134. The molecule has 3 amide bonds. The molecule has 25 heavy (non-hydrogen) atoms. The van der Waals surface area contributed by atoms with Crippen molar-refractivity contribution in [2.75, 3.05) is 19.7 Å². The van der Waals surface area contributed by atoms with Gasteiger partial charge in [-0.2, -0.15) is 0 Å². The number of urea groups is 1. The highest BCUT2D eigenvalue weighted by Gasteiger charge is 2.25. The third-order valence-corrected chi connectivity index (χ3v) is 4.05. The van der Waals surface area contributed by atoms with Gasteiger partial charge in [0.05, 0.1) is 0 Å². The number of rotatable bonds is 4. The van der Waals surface area contributed by atoms with E-state index in [0.717, 1.165) is 18.4 Å².